The molecule has 11 heteroatoms. The molecule has 0 bridgehead atoms. The molecule has 0 saturated carbocycles. The van der Waals surface area contributed by atoms with E-state index in [1.807, 2.05) is 36.2 Å². The second-order valence-electron chi connectivity index (χ2n) is 8.93. The first kappa shape index (κ1) is 26.7. The quantitative estimate of drug-likeness (QED) is 0.313. The molecule has 0 fully saturated rings. The number of esters is 2. The summed E-state index contributed by atoms with van der Waals surface area (Å²) in [7, 11) is 3.07. The Bertz CT molecular complexity index is 1320. The first-order valence-corrected chi connectivity index (χ1v) is 12.0. The molecule has 0 amide bonds. The van der Waals surface area contributed by atoms with Crippen molar-refractivity contribution in [3.8, 4) is 11.5 Å². The van der Waals surface area contributed by atoms with E-state index in [0.29, 0.717) is 41.6 Å². The third-order valence-electron chi connectivity index (χ3n) is 6.46. The zero-order valence-electron chi connectivity index (χ0n) is 21.6. The number of rotatable bonds is 8. The fourth-order valence-electron chi connectivity index (χ4n) is 4.53. The van der Waals surface area contributed by atoms with Gasteiger partial charge in [0, 0.05) is 30.1 Å². The van der Waals surface area contributed by atoms with Crippen molar-refractivity contribution in [3.63, 3.8) is 0 Å². The van der Waals surface area contributed by atoms with Crippen molar-refractivity contribution in [3.05, 3.63) is 86.7 Å². The van der Waals surface area contributed by atoms with Crippen molar-refractivity contribution in [2.75, 3.05) is 33.9 Å². The monoisotopic (exact) mass is 523 g/mol. The highest BCUT2D eigenvalue weighted by Gasteiger charge is 2.38. The summed E-state index contributed by atoms with van der Waals surface area (Å²) in [6.07, 6.45) is -0.366. The normalized spacial score (nSPS) is 18.7. The van der Waals surface area contributed by atoms with Crippen LogP contribution in [0.5, 0.6) is 11.5 Å². The van der Waals surface area contributed by atoms with Gasteiger partial charge in [0.15, 0.2) is 17.7 Å². The minimum atomic E-state index is -0.916. The molecule has 0 aliphatic carbocycles. The van der Waals surface area contributed by atoms with Crippen molar-refractivity contribution >= 4 is 17.6 Å². The first-order chi connectivity index (χ1) is 18.2. The Labute approximate surface area is 219 Å². The van der Waals surface area contributed by atoms with E-state index >= 15 is 0 Å². The fraction of sp³-hybridized carbons (Fsp3) is 0.333. The highest BCUT2D eigenvalue weighted by atomic mass is 16.6. The molecular formula is C27H29N3O8. The molecule has 4 rings (SSSR count). The maximum absolute atomic E-state index is 13.4. The van der Waals surface area contributed by atoms with Crippen LogP contribution in [0.15, 0.2) is 71.1 Å². The first-order valence-electron chi connectivity index (χ1n) is 12.0. The van der Waals surface area contributed by atoms with Crippen molar-refractivity contribution in [2.24, 2.45) is 0 Å². The Morgan fingerprint density at radius 2 is 1.76 bits per heavy atom. The second-order valence-corrected chi connectivity index (χ2v) is 8.93. The van der Waals surface area contributed by atoms with E-state index in [0.717, 1.165) is 0 Å². The minimum absolute atomic E-state index is 0.0333. The number of carbonyl (C=O) groups is 2. The maximum atomic E-state index is 13.4. The molecule has 2 heterocycles. The fourth-order valence-corrected chi connectivity index (χ4v) is 4.53. The number of hydrogen-bond donors (Lipinski definition) is 1. The Kier molecular flexibility index (Phi) is 7.96. The number of para-hydroxylation sites is 2. The summed E-state index contributed by atoms with van der Waals surface area (Å²) >= 11 is 0. The maximum Gasteiger partial charge on any atom is 0.336 e. The van der Waals surface area contributed by atoms with Gasteiger partial charge in [-0.05, 0) is 38.6 Å². The van der Waals surface area contributed by atoms with Crippen molar-refractivity contribution in [2.45, 2.75) is 26.0 Å². The summed E-state index contributed by atoms with van der Waals surface area (Å²) in [5.41, 5.74) is 1.54. The van der Waals surface area contributed by atoms with E-state index < -0.39 is 22.8 Å². The number of dihydropyridines is 1. The SMILES string of the molecule is COC(=O)C1=C(C)NC(C)=C(C(=O)OCCN(C)C2COc3ccccc3O2)C1c1cccc([N+](=O)[O-])c1. The molecule has 0 aromatic heterocycles. The molecule has 2 aromatic carbocycles. The van der Waals surface area contributed by atoms with Crippen LogP contribution in [0, 0.1) is 10.1 Å². The molecule has 2 aromatic rings. The lowest BCUT2D eigenvalue weighted by Crippen LogP contribution is -2.44. The van der Waals surface area contributed by atoms with Crippen LogP contribution in [0.1, 0.15) is 25.3 Å². The van der Waals surface area contributed by atoms with Crippen LogP contribution in [0.2, 0.25) is 0 Å². The van der Waals surface area contributed by atoms with Crippen molar-refractivity contribution in [1.29, 1.82) is 0 Å². The number of ether oxygens (including phenoxy) is 4. The van der Waals surface area contributed by atoms with Crippen LogP contribution in [-0.4, -0.2) is 61.9 Å². The lowest BCUT2D eigenvalue weighted by atomic mass is 9.80. The van der Waals surface area contributed by atoms with Gasteiger partial charge in [-0.2, -0.15) is 0 Å². The minimum Gasteiger partial charge on any atom is -0.484 e. The average molecular weight is 524 g/mol. The highest BCUT2D eigenvalue weighted by molar-refractivity contribution is 5.99. The van der Waals surface area contributed by atoms with Gasteiger partial charge < -0.3 is 24.3 Å². The number of hydrogen-bond acceptors (Lipinski definition) is 10. The Morgan fingerprint density at radius 3 is 2.45 bits per heavy atom. The molecule has 11 nitrogen and oxygen atoms in total. The van der Waals surface area contributed by atoms with Gasteiger partial charge in [-0.15, -0.1) is 0 Å². The van der Waals surface area contributed by atoms with Crippen LogP contribution >= 0.6 is 0 Å². The number of likely N-dealkylation sites (N-methyl/N-ethyl adjacent to an activating group) is 1. The summed E-state index contributed by atoms with van der Waals surface area (Å²) in [5.74, 6) is -0.911. The van der Waals surface area contributed by atoms with Gasteiger partial charge in [0.05, 0.1) is 29.1 Å². The molecule has 200 valence electrons. The van der Waals surface area contributed by atoms with E-state index in [-0.39, 0.29) is 29.7 Å². The predicted octanol–water partition coefficient (Wildman–Crippen LogP) is 3.28. The zero-order valence-corrected chi connectivity index (χ0v) is 21.6. The summed E-state index contributed by atoms with van der Waals surface area (Å²) in [5, 5.41) is 14.5. The number of carbonyl (C=O) groups excluding carboxylic acids is 2. The number of non-ortho nitro benzene ring substituents is 1. The summed E-state index contributed by atoms with van der Waals surface area (Å²) < 4.78 is 22.3. The predicted molar refractivity (Wildman–Crippen MR) is 136 cm³/mol. The average Bonchev–Trinajstić information content (AvgIpc) is 2.91. The number of nitrogens with zero attached hydrogens (tertiary/aromatic N) is 2. The smallest absolute Gasteiger partial charge is 0.336 e. The number of nitrogens with one attached hydrogen (secondary N) is 1. The number of methoxy groups -OCH3 is 1. The van der Waals surface area contributed by atoms with Crippen LogP contribution in [-0.2, 0) is 19.1 Å². The Morgan fingerprint density at radius 1 is 1.08 bits per heavy atom. The standard InChI is InChI=1S/C27H29N3O8/c1-16-23(26(31)35-4)25(18-8-7-9-19(14-18)30(33)34)24(17(2)28-16)27(32)36-13-12-29(3)22-15-37-20-10-5-6-11-21(20)38-22/h5-11,14,22,25,28H,12-13,15H2,1-4H3. The van der Waals surface area contributed by atoms with Gasteiger partial charge in [0.25, 0.3) is 5.69 Å². The number of nitro benzene ring substituents is 1. The molecule has 0 radical (unpaired) electrons. The van der Waals surface area contributed by atoms with Crippen LogP contribution in [0.3, 0.4) is 0 Å². The summed E-state index contributed by atoms with van der Waals surface area (Å²) in [6.45, 7) is 4.07. The largest absolute Gasteiger partial charge is 0.484 e. The van der Waals surface area contributed by atoms with Crippen LogP contribution < -0.4 is 14.8 Å². The number of allylic oxidation sites excluding steroid dienone is 2. The van der Waals surface area contributed by atoms with E-state index in [4.69, 9.17) is 18.9 Å². The van der Waals surface area contributed by atoms with Crippen molar-refractivity contribution in [1.82, 2.24) is 10.2 Å². The third kappa shape index (κ3) is 5.47. The van der Waals surface area contributed by atoms with Gasteiger partial charge in [-0.25, -0.2) is 9.59 Å². The van der Waals surface area contributed by atoms with E-state index in [9.17, 15) is 19.7 Å². The summed E-state index contributed by atoms with van der Waals surface area (Å²) in [6, 6.07) is 13.2. The van der Waals surface area contributed by atoms with Crippen molar-refractivity contribution < 1.29 is 33.5 Å². The van der Waals surface area contributed by atoms with E-state index in [2.05, 4.69) is 5.32 Å². The van der Waals surface area contributed by atoms with Crippen LogP contribution in [0.25, 0.3) is 0 Å². The van der Waals surface area contributed by atoms with Gasteiger partial charge in [-0.1, -0.05) is 24.3 Å². The number of nitro groups is 1. The topological polar surface area (TPSA) is 129 Å². The summed E-state index contributed by atoms with van der Waals surface area (Å²) in [4.78, 5) is 38.9. The molecule has 2 aliphatic rings. The molecule has 38 heavy (non-hydrogen) atoms. The molecule has 0 saturated heterocycles. The van der Waals surface area contributed by atoms with E-state index in [1.165, 1.54) is 25.3 Å². The Balaban J connectivity index is 1.51. The molecule has 1 N–H and O–H groups in total. The lowest BCUT2D eigenvalue weighted by molar-refractivity contribution is -0.384. The van der Waals surface area contributed by atoms with Gasteiger partial charge in [-0.3, -0.25) is 15.0 Å². The molecule has 2 unspecified atom stereocenters. The molecule has 2 aliphatic heterocycles. The molecular weight excluding hydrogens is 494 g/mol. The van der Waals surface area contributed by atoms with Gasteiger partial charge in [0.2, 0.25) is 0 Å². The van der Waals surface area contributed by atoms with E-state index in [1.54, 1.807) is 19.9 Å². The molecule has 0 spiro atoms. The second kappa shape index (κ2) is 11.3. The third-order valence-corrected chi connectivity index (χ3v) is 6.46. The van der Waals surface area contributed by atoms with Crippen LogP contribution in [0.4, 0.5) is 5.69 Å². The number of fused-ring (bicyclic) bond motifs is 1. The lowest BCUT2D eigenvalue weighted by Gasteiger charge is -2.33. The zero-order chi connectivity index (χ0) is 27.4. The highest BCUT2D eigenvalue weighted by Crippen LogP contribution is 2.40. The van der Waals surface area contributed by atoms with Gasteiger partial charge >= 0.3 is 11.9 Å². The number of benzene rings is 2. The Hall–Kier alpha value is -4.38. The van der Waals surface area contributed by atoms with Gasteiger partial charge in [0.1, 0.15) is 13.2 Å². The molecule has 2 atom stereocenters.